The van der Waals surface area contributed by atoms with Gasteiger partial charge in [0.15, 0.2) is 0 Å². The third-order valence-corrected chi connectivity index (χ3v) is 3.20. The van der Waals surface area contributed by atoms with E-state index in [-0.39, 0.29) is 5.54 Å². The molecule has 1 nitrogen and oxygen atoms in total. The van der Waals surface area contributed by atoms with Crippen molar-refractivity contribution in [3.63, 3.8) is 0 Å². The van der Waals surface area contributed by atoms with Gasteiger partial charge in [0.1, 0.15) is 0 Å². The van der Waals surface area contributed by atoms with Gasteiger partial charge in [0.2, 0.25) is 0 Å². The van der Waals surface area contributed by atoms with E-state index in [9.17, 15) is 0 Å². The third-order valence-electron chi connectivity index (χ3n) is 2.30. The smallest absolute Gasteiger partial charge is 0.00966 e. The summed E-state index contributed by atoms with van der Waals surface area (Å²) in [4.78, 5) is 1.37. The highest BCUT2D eigenvalue weighted by Gasteiger charge is 2.07. The van der Waals surface area contributed by atoms with Gasteiger partial charge in [-0.1, -0.05) is 19.1 Å². The molecule has 1 rings (SSSR count). The van der Waals surface area contributed by atoms with Crippen LogP contribution in [0.3, 0.4) is 0 Å². The number of rotatable bonds is 5. The number of thioether (sulfide) groups is 1. The van der Waals surface area contributed by atoms with Gasteiger partial charge in [-0.2, -0.15) is 0 Å². The van der Waals surface area contributed by atoms with Crippen molar-refractivity contribution in [2.45, 2.75) is 44.6 Å². The number of benzene rings is 1. The summed E-state index contributed by atoms with van der Waals surface area (Å²) in [6, 6.07) is 8.92. The summed E-state index contributed by atoms with van der Waals surface area (Å²) < 4.78 is 0. The lowest BCUT2D eigenvalue weighted by molar-refractivity contribution is 0.429. The molecule has 0 bridgehead atoms. The lowest BCUT2D eigenvalue weighted by atomic mass is 10.1. The van der Waals surface area contributed by atoms with Gasteiger partial charge >= 0.3 is 0 Å². The highest BCUT2D eigenvalue weighted by Crippen LogP contribution is 2.17. The SMILES string of the molecule is CCSc1ccc(CCNC(C)(C)C)cc1. The molecule has 0 saturated heterocycles. The van der Waals surface area contributed by atoms with Gasteiger partial charge in [0, 0.05) is 10.4 Å². The summed E-state index contributed by atoms with van der Waals surface area (Å²) in [6.45, 7) is 9.84. The minimum atomic E-state index is 0.220. The number of hydrogen-bond donors (Lipinski definition) is 1. The van der Waals surface area contributed by atoms with Crippen LogP contribution in [-0.4, -0.2) is 17.8 Å². The molecule has 0 heterocycles. The lowest BCUT2D eigenvalue weighted by Gasteiger charge is -2.20. The minimum absolute atomic E-state index is 0.220. The van der Waals surface area contributed by atoms with E-state index in [0.29, 0.717) is 0 Å². The molecule has 0 aliphatic carbocycles. The molecule has 0 amide bonds. The molecule has 0 atom stereocenters. The molecule has 2 heteroatoms. The van der Waals surface area contributed by atoms with Crippen LogP contribution >= 0.6 is 11.8 Å². The predicted molar refractivity (Wildman–Crippen MR) is 74.3 cm³/mol. The first-order chi connectivity index (χ1) is 7.51. The van der Waals surface area contributed by atoms with Crippen molar-refractivity contribution < 1.29 is 0 Å². The number of hydrogen-bond acceptors (Lipinski definition) is 2. The maximum Gasteiger partial charge on any atom is 0.00966 e. The second kappa shape index (κ2) is 6.31. The Morgan fingerprint density at radius 3 is 2.25 bits per heavy atom. The third kappa shape index (κ3) is 5.57. The molecule has 0 fully saturated rings. The Bertz CT molecular complexity index is 298. The van der Waals surface area contributed by atoms with Crippen LogP contribution in [0.25, 0.3) is 0 Å². The molecule has 0 spiro atoms. The van der Waals surface area contributed by atoms with E-state index in [1.807, 2.05) is 11.8 Å². The van der Waals surface area contributed by atoms with Crippen molar-refractivity contribution in [1.29, 1.82) is 0 Å². The van der Waals surface area contributed by atoms with E-state index >= 15 is 0 Å². The van der Waals surface area contributed by atoms with Gasteiger partial charge in [-0.25, -0.2) is 0 Å². The topological polar surface area (TPSA) is 12.0 Å². The summed E-state index contributed by atoms with van der Waals surface area (Å²) in [5.41, 5.74) is 1.63. The van der Waals surface area contributed by atoms with Crippen molar-refractivity contribution in [1.82, 2.24) is 5.32 Å². The summed E-state index contributed by atoms with van der Waals surface area (Å²) in [6.07, 6.45) is 1.11. The zero-order valence-electron chi connectivity index (χ0n) is 10.8. The fourth-order valence-electron chi connectivity index (χ4n) is 1.50. The van der Waals surface area contributed by atoms with E-state index in [2.05, 4.69) is 57.3 Å². The standard InChI is InChI=1S/C14H23NS/c1-5-16-13-8-6-12(7-9-13)10-11-15-14(2,3)4/h6-9,15H,5,10-11H2,1-4H3. The monoisotopic (exact) mass is 237 g/mol. The molecule has 0 aliphatic rings. The molecule has 0 saturated carbocycles. The first-order valence-corrected chi connectivity index (χ1v) is 6.96. The Morgan fingerprint density at radius 2 is 1.75 bits per heavy atom. The van der Waals surface area contributed by atoms with Crippen LogP contribution in [0.5, 0.6) is 0 Å². The molecule has 0 aromatic heterocycles. The molecular formula is C14H23NS. The van der Waals surface area contributed by atoms with Gasteiger partial charge in [-0.05, 0) is 57.2 Å². The maximum absolute atomic E-state index is 3.50. The van der Waals surface area contributed by atoms with E-state index in [1.54, 1.807) is 0 Å². The van der Waals surface area contributed by atoms with Crippen molar-refractivity contribution in [2.24, 2.45) is 0 Å². The van der Waals surface area contributed by atoms with Crippen molar-refractivity contribution in [3.05, 3.63) is 29.8 Å². The van der Waals surface area contributed by atoms with Gasteiger partial charge < -0.3 is 5.32 Å². The normalized spacial score (nSPS) is 11.8. The van der Waals surface area contributed by atoms with Crippen molar-refractivity contribution >= 4 is 11.8 Å². The fraction of sp³-hybridized carbons (Fsp3) is 0.571. The molecule has 16 heavy (non-hydrogen) atoms. The predicted octanol–water partition coefficient (Wildman–Crippen LogP) is 3.73. The first kappa shape index (κ1) is 13.6. The average Bonchev–Trinajstić information content (AvgIpc) is 2.19. The molecule has 90 valence electrons. The Morgan fingerprint density at radius 1 is 1.12 bits per heavy atom. The Balaban J connectivity index is 2.37. The second-order valence-corrected chi connectivity index (χ2v) is 6.34. The second-order valence-electron chi connectivity index (χ2n) is 5.00. The van der Waals surface area contributed by atoms with Crippen LogP contribution in [0.1, 0.15) is 33.3 Å². The Hall–Kier alpha value is -0.470. The van der Waals surface area contributed by atoms with Gasteiger partial charge in [-0.15, -0.1) is 11.8 Å². The molecule has 1 N–H and O–H groups in total. The molecule has 0 unspecified atom stereocenters. The Labute approximate surface area is 104 Å². The fourth-order valence-corrected chi connectivity index (χ4v) is 2.16. The maximum atomic E-state index is 3.50. The summed E-state index contributed by atoms with van der Waals surface area (Å²) >= 11 is 1.90. The summed E-state index contributed by atoms with van der Waals surface area (Å²) in [5.74, 6) is 1.14. The van der Waals surface area contributed by atoms with Crippen LogP contribution in [0.4, 0.5) is 0 Å². The van der Waals surface area contributed by atoms with Gasteiger partial charge in [0.05, 0.1) is 0 Å². The molecule has 1 aromatic rings. The van der Waals surface area contributed by atoms with E-state index in [0.717, 1.165) is 18.7 Å². The minimum Gasteiger partial charge on any atom is -0.312 e. The molecular weight excluding hydrogens is 214 g/mol. The van der Waals surface area contributed by atoms with E-state index in [4.69, 9.17) is 0 Å². The Kier molecular flexibility index (Phi) is 5.36. The molecule has 0 aliphatic heterocycles. The van der Waals surface area contributed by atoms with Gasteiger partial charge in [-0.3, -0.25) is 0 Å². The van der Waals surface area contributed by atoms with E-state index < -0.39 is 0 Å². The average molecular weight is 237 g/mol. The lowest BCUT2D eigenvalue weighted by Crippen LogP contribution is -2.37. The van der Waals surface area contributed by atoms with Crippen molar-refractivity contribution in [3.8, 4) is 0 Å². The van der Waals surface area contributed by atoms with Crippen LogP contribution in [0, 0.1) is 0 Å². The highest BCUT2D eigenvalue weighted by atomic mass is 32.2. The zero-order chi connectivity index (χ0) is 12.0. The van der Waals surface area contributed by atoms with Gasteiger partial charge in [0.25, 0.3) is 0 Å². The molecule has 0 radical (unpaired) electrons. The summed E-state index contributed by atoms with van der Waals surface area (Å²) in [7, 11) is 0. The first-order valence-electron chi connectivity index (χ1n) is 5.98. The largest absolute Gasteiger partial charge is 0.312 e. The quantitative estimate of drug-likeness (QED) is 0.783. The van der Waals surface area contributed by atoms with Crippen LogP contribution in [-0.2, 0) is 6.42 Å². The number of nitrogens with one attached hydrogen (secondary N) is 1. The van der Waals surface area contributed by atoms with E-state index in [1.165, 1.54) is 10.5 Å². The van der Waals surface area contributed by atoms with Crippen molar-refractivity contribution in [2.75, 3.05) is 12.3 Å². The zero-order valence-corrected chi connectivity index (χ0v) is 11.7. The highest BCUT2D eigenvalue weighted by molar-refractivity contribution is 7.99. The summed E-state index contributed by atoms with van der Waals surface area (Å²) in [5, 5.41) is 3.50. The molecule has 1 aromatic carbocycles. The van der Waals surface area contributed by atoms with Crippen LogP contribution < -0.4 is 5.32 Å². The van der Waals surface area contributed by atoms with Crippen LogP contribution in [0.2, 0.25) is 0 Å². The van der Waals surface area contributed by atoms with Crippen LogP contribution in [0.15, 0.2) is 29.2 Å².